The fourth-order valence-corrected chi connectivity index (χ4v) is 2.86. The average molecular weight is 368 g/mol. The topological polar surface area (TPSA) is 64.3 Å². The van der Waals surface area contributed by atoms with Crippen LogP contribution >= 0.6 is 0 Å². The number of carbonyl (C=O) groups is 1. The van der Waals surface area contributed by atoms with Crippen molar-refractivity contribution in [3.8, 4) is 6.07 Å². The molecule has 0 aliphatic heterocycles. The lowest BCUT2D eigenvalue weighted by Gasteiger charge is -2.25. The van der Waals surface area contributed by atoms with E-state index in [0.29, 0.717) is 5.56 Å². The van der Waals surface area contributed by atoms with Gasteiger partial charge in [-0.3, -0.25) is 0 Å². The molecular weight excluding hydrogens is 348 g/mol. The summed E-state index contributed by atoms with van der Waals surface area (Å²) < 4.78 is 0. The molecule has 0 bridgehead atoms. The second-order valence-corrected chi connectivity index (χ2v) is 6.57. The summed E-state index contributed by atoms with van der Waals surface area (Å²) in [6.45, 7) is 4.10. The Morgan fingerprint density at radius 1 is 0.821 bits per heavy atom. The molecule has 138 valence electrons. The van der Waals surface area contributed by atoms with Gasteiger partial charge < -0.3 is 10.0 Å². The Kier molecular flexibility index (Phi) is 5.57. The monoisotopic (exact) mass is 368 g/mol. The first-order chi connectivity index (χ1) is 13.5. The van der Waals surface area contributed by atoms with Crippen LogP contribution in [0.4, 0.5) is 17.1 Å². The third kappa shape index (κ3) is 4.28. The molecule has 0 spiro atoms. The van der Waals surface area contributed by atoms with Gasteiger partial charge in [0.25, 0.3) is 0 Å². The van der Waals surface area contributed by atoms with Gasteiger partial charge in [-0.1, -0.05) is 47.5 Å². The van der Waals surface area contributed by atoms with E-state index >= 15 is 0 Å². The first-order valence-corrected chi connectivity index (χ1v) is 8.86. The summed E-state index contributed by atoms with van der Waals surface area (Å²) in [7, 11) is 0. The van der Waals surface area contributed by atoms with Crippen molar-refractivity contribution in [3.63, 3.8) is 0 Å². The molecule has 0 aliphatic carbocycles. The Balaban J connectivity index is 2.03. The van der Waals surface area contributed by atoms with Gasteiger partial charge in [0.1, 0.15) is 11.6 Å². The van der Waals surface area contributed by atoms with Crippen LogP contribution < -0.4 is 4.90 Å². The molecule has 3 aromatic carbocycles. The molecule has 0 fully saturated rings. The van der Waals surface area contributed by atoms with Gasteiger partial charge in [-0.2, -0.15) is 5.26 Å². The van der Waals surface area contributed by atoms with E-state index in [2.05, 4.69) is 67.3 Å². The average Bonchev–Trinajstić information content (AvgIpc) is 2.70. The number of carboxylic acids is 1. The summed E-state index contributed by atoms with van der Waals surface area (Å²) in [6, 6.07) is 25.7. The lowest BCUT2D eigenvalue weighted by Crippen LogP contribution is -2.09. The fourth-order valence-electron chi connectivity index (χ4n) is 2.86. The van der Waals surface area contributed by atoms with E-state index in [-0.39, 0.29) is 5.57 Å². The van der Waals surface area contributed by atoms with Gasteiger partial charge in [-0.15, -0.1) is 0 Å². The predicted molar refractivity (Wildman–Crippen MR) is 112 cm³/mol. The SMILES string of the molecule is Cc1ccc(N(c2ccc(C)cc2)c2ccc(C=C(C#N)C(=O)O)cc2)cc1. The Morgan fingerprint density at radius 2 is 1.21 bits per heavy atom. The number of rotatable bonds is 5. The van der Waals surface area contributed by atoms with Crippen LogP contribution in [0.25, 0.3) is 6.08 Å². The van der Waals surface area contributed by atoms with Crippen molar-refractivity contribution < 1.29 is 9.90 Å². The number of aryl methyl sites for hydroxylation is 2. The minimum atomic E-state index is -1.23. The van der Waals surface area contributed by atoms with Gasteiger partial charge in [0.2, 0.25) is 0 Å². The first kappa shape index (κ1) is 18.9. The van der Waals surface area contributed by atoms with E-state index in [9.17, 15) is 4.79 Å². The number of carboxylic acid groups (broad SMARTS) is 1. The highest BCUT2D eigenvalue weighted by Gasteiger charge is 2.12. The summed E-state index contributed by atoms with van der Waals surface area (Å²) in [5.74, 6) is -1.23. The molecule has 3 aromatic rings. The van der Waals surface area contributed by atoms with Crippen LogP contribution in [0.1, 0.15) is 16.7 Å². The highest BCUT2D eigenvalue weighted by molar-refractivity contribution is 5.96. The van der Waals surface area contributed by atoms with Gasteiger partial charge in [-0.05, 0) is 61.9 Å². The maximum atomic E-state index is 11.0. The van der Waals surface area contributed by atoms with Gasteiger partial charge in [0.05, 0.1) is 0 Å². The summed E-state index contributed by atoms with van der Waals surface area (Å²) in [5, 5.41) is 18.0. The van der Waals surface area contributed by atoms with E-state index < -0.39 is 5.97 Å². The maximum absolute atomic E-state index is 11.0. The molecule has 4 nitrogen and oxygen atoms in total. The second kappa shape index (κ2) is 8.24. The zero-order valence-electron chi connectivity index (χ0n) is 15.8. The molecule has 0 radical (unpaired) electrons. The Hall–Kier alpha value is -3.84. The van der Waals surface area contributed by atoms with Crippen LogP contribution in [0, 0.1) is 25.2 Å². The van der Waals surface area contributed by atoms with Crippen molar-refractivity contribution >= 4 is 29.1 Å². The summed E-state index contributed by atoms with van der Waals surface area (Å²) in [5.41, 5.74) is 5.74. The number of hydrogen-bond donors (Lipinski definition) is 1. The van der Waals surface area contributed by atoms with Crippen molar-refractivity contribution in [1.82, 2.24) is 0 Å². The minimum absolute atomic E-state index is 0.290. The summed E-state index contributed by atoms with van der Waals surface area (Å²) in [4.78, 5) is 13.2. The lowest BCUT2D eigenvalue weighted by atomic mass is 10.1. The Bertz CT molecular complexity index is 996. The van der Waals surface area contributed by atoms with Crippen molar-refractivity contribution in [2.75, 3.05) is 4.90 Å². The molecule has 0 saturated heterocycles. The quantitative estimate of drug-likeness (QED) is 0.459. The minimum Gasteiger partial charge on any atom is -0.477 e. The van der Waals surface area contributed by atoms with E-state index in [4.69, 9.17) is 10.4 Å². The predicted octanol–water partition coefficient (Wildman–Crippen LogP) is 5.76. The third-order valence-corrected chi connectivity index (χ3v) is 4.40. The Morgan fingerprint density at radius 3 is 1.57 bits per heavy atom. The van der Waals surface area contributed by atoms with Crippen molar-refractivity contribution in [1.29, 1.82) is 5.26 Å². The maximum Gasteiger partial charge on any atom is 0.346 e. The molecule has 0 amide bonds. The van der Waals surface area contributed by atoms with Gasteiger partial charge in [0.15, 0.2) is 0 Å². The normalized spacial score (nSPS) is 11.0. The first-order valence-electron chi connectivity index (χ1n) is 8.86. The standard InChI is InChI=1S/C24H20N2O2/c1-17-3-9-21(10-4-17)26(22-11-5-18(2)6-12-22)23-13-7-19(8-14-23)15-20(16-25)24(27)28/h3-15H,1-2H3,(H,27,28). The third-order valence-electron chi connectivity index (χ3n) is 4.40. The number of benzene rings is 3. The number of hydrogen-bond acceptors (Lipinski definition) is 3. The number of nitriles is 1. The fraction of sp³-hybridized carbons (Fsp3) is 0.0833. The highest BCUT2D eigenvalue weighted by atomic mass is 16.4. The van der Waals surface area contributed by atoms with Crippen LogP contribution in [0.15, 0.2) is 78.4 Å². The number of nitrogens with zero attached hydrogens (tertiary/aromatic N) is 2. The van der Waals surface area contributed by atoms with E-state index in [1.54, 1.807) is 6.07 Å². The van der Waals surface area contributed by atoms with Crippen molar-refractivity contribution in [2.24, 2.45) is 0 Å². The zero-order valence-corrected chi connectivity index (χ0v) is 15.8. The largest absolute Gasteiger partial charge is 0.477 e. The Labute approximate surface area is 164 Å². The smallest absolute Gasteiger partial charge is 0.346 e. The van der Waals surface area contributed by atoms with Crippen LogP contribution in [-0.2, 0) is 4.79 Å². The van der Waals surface area contributed by atoms with E-state index in [1.165, 1.54) is 17.2 Å². The molecule has 4 heteroatoms. The van der Waals surface area contributed by atoms with Crippen LogP contribution in [0.5, 0.6) is 0 Å². The molecule has 0 saturated carbocycles. The molecule has 3 rings (SSSR count). The van der Waals surface area contributed by atoms with Gasteiger partial charge in [0, 0.05) is 17.1 Å². The molecular formula is C24H20N2O2. The van der Waals surface area contributed by atoms with Crippen LogP contribution in [0.3, 0.4) is 0 Å². The lowest BCUT2D eigenvalue weighted by molar-refractivity contribution is -0.132. The van der Waals surface area contributed by atoms with E-state index in [1.807, 2.05) is 24.3 Å². The zero-order chi connectivity index (χ0) is 20.1. The molecule has 0 aromatic heterocycles. The summed E-state index contributed by atoms with van der Waals surface area (Å²) in [6.07, 6.45) is 1.37. The molecule has 28 heavy (non-hydrogen) atoms. The van der Waals surface area contributed by atoms with E-state index in [0.717, 1.165) is 17.1 Å². The van der Waals surface area contributed by atoms with Crippen LogP contribution in [-0.4, -0.2) is 11.1 Å². The van der Waals surface area contributed by atoms with Gasteiger partial charge >= 0.3 is 5.97 Å². The molecule has 0 unspecified atom stereocenters. The molecule has 1 N–H and O–H groups in total. The molecule has 0 aliphatic rings. The summed E-state index contributed by atoms with van der Waals surface area (Å²) >= 11 is 0. The number of aliphatic carboxylic acids is 1. The second-order valence-electron chi connectivity index (χ2n) is 6.57. The van der Waals surface area contributed by atoms with Crippen molar-refractivity contribution in [2.45, 2.75) is 13.8 Å². The van der Waals surface area contributed by atoms with Gasteiger partial charge in [-0.25, -0.2) is 4.79 Å². The highest BCUT2D eigenvalue weighted by Crippen LogP contribution is 2.34. The molecule has 0 atom stereocenters. The van der Waals surface area contributed by atoms with Crippen LogP contribution in [0.2, 0.25) is 0 Å². The molecule has 0 heterocycles. The van der Waals surface area contributed by atoms with Crippen molar-refractivity contribution in [3.05, 3.63) is 95.1 Å². The number of anilines is 3.